The van der Waals surface area contributed by atoms with E-state index >= 15 is 0 Å². The van der Waals surface area contributed by atoms with Crippen LogP contribution in [-0.2, 0) is 9.53 Å². The van der Waals surface area contributed by atoms with Crippen LogP contribution in [0, 0.1) is 0 Å². The molecule has 1 atom stereocenters. The molecule has 2 amide bonds. The molecule has 2 heterocycles. The van der Waals surface area contributed by atoms with Crippen molar-refractivity contribution >= 4 is 22.7 Å². The number of carbonyl (C=O) groups is 2. The molecule has 1 aliphatic heterocycles. The second-order valence-corrected chi connectivity index (χ2v) is 5.30. The van der Waals surface area contributed by atoms with Gasteiger partial charge in [0.1, 0.15) is 6.04 Å². The Bertz CT molecular complexity index is 691. The van der Waals surface area contributed by atoms with E-state index in [1.807, 2.05) is 6.07 Å². The first-order valence-corrected chi connectivity index (χ1v) is 7.25. The van der Waals surface area contributed by atoms with Crippen LogP contribution in [0.5, 0.6) is 0 Å². The van der Waals surface area contributed by atoms with Crippen LogP contribution in [0.1, 0.15) is 17.3 Å². The highest BCUT2D eigenvalue weighted by Crippen LogP contribution is 2.13. The van der Waals surface area contributed by atoms with Crippen LogP contribution in [0.4, 0.5) is 0 Å². The number of ether oxygens (including phenoxy) is 1. The monoisotopic (exact) mass is 302 g/mol. The number of amides is 2. The molecule has 0 bridgehead atoms. The number of benzene rings is 1. The summed E-state index contributed by atoms with van der Waals surface area (Å²) in [6.45, 7) is 3.93. The number of rotatable bonds is 3. The van der Waals surface area contributed by atoms with Crippen molar-refractivity contribution < 1.29 is 14.3 Å². The fourth-order valence-corrected chi connectivity index (χ4v) is 2.48. The number of hydrogen-bond donors (Lipinski definition) is 2. The van der Waals surface area contributed by atoms with Crippen LogP contribution < -0.4 is 5.32 Å². The molecule has 0 aliphatic carbocycles. The van der Waals surface area contributed by atoms with Gasteiger partial charge in [0, 0.05) is 24.0 Å². The highest BCUT2D eigenvalue weighted by molar-refractivity contribution is 6.00. The topological polar surface area (TPSA) is 87.3 Å². The van der Waals surface area contributed by atoms with Gasteiger partial charge in [-0.3, -0.25) is 14.7 Å². The Morgan fingerprint density at radius 2 is 2.14 bits per heavy atom. The molecule has 1 saturated heterocycles. The Kier molecular flexibility index (Phi) is 4.06. The number of nitrogens with zero attached hydrogens (tertiary/aromatic N) is 2. The van der Waals surface area contributed by atoms with Crippen LogP contribution in [0.2, 0.25) is 0 Å². The molecule has 7 heteroatoms. The van der Waals surface area contributed by atoms with Crippen LogP contribution in [0.15, 0.2) is 24.4 Å². The summed E-state index contributed by atoms with van der Waals surface area (Å²) in [5.41, 5.74) is 1.29. The Morgan fingerprint density at radius 3 is 2.91 bits per heavy atom. The van der Waals surface area contributed by atoms with Crippen LogP contribution in [0.3, 0.4) is 0 Å². The van der Waals surface area contributed by atoms with Crippen molar-refractivity contribution in [2.75, 3.05) is 26.3 Å². The average Bonchev–Trinajstić information content (AvgIpc) is 3.02. The van der Waals surface area contributed by atoms with Gasteiger partial charge in [-0.25, -0.2) is 0 Å². The number of aromatic nitrogens is 2. The quantitative estimate of drug-likeness (QED) is 0.866. The maximum atomic E-state index is 12.3. The summed E-state index contributed by atoms with van der Waals surface area (Å²) < 4.78 is 5.22. The van der Waals surface area contributed by atoms with Crippen molar-refractivity contribution in [3.05, 3.63) is 30.0 Å². The molecule has 1 unspecified atom stereocenters. The lowest BCUT2D eigenvalue weighted by molar-refractivity contribution is -0.136. The number of aromatic amines is 1. The van der Waals surface area contributed by atoms with Gasteiger partial charge in [-0.2, -0.15) is 5.10 Å². The first kappa shape index (κ1) is 14.5. The van der Waals surface area contributed by atoms with Gasteiger partial charge in [-0.1, -0.05) is 6.07 Å². The van der Waals surface area contributed by atoms with Gasteiger partial charge in [0.25, 0.3) is 5.91 Å². The van der Waals surface area contributed by atoms with Gasteiger partial charge < -0.3 is 15.0 Å². The lowest BCUT2D eigenvalue weighted by atomic mass is 10.1. The number of fused-ring (bicyclic) bond motifs is 1. The van der Waals surface area contributed by atoms with Gasteiger partial charge in [-0.15, -0.1) is 0 Å². The first-order valence-electron chi connectivity index (χ1n) is 7.25. The van der Waals surface area contributed by atoms with E-state index in [1.165, 1.54) is 0 Å². The maximum Gasteiger partial charge on any atom is 0.251 e. The smallest absolute Gasteiger partial charge is 0.251 e. The Morgan fingerprint density at radius 1 is 1.36 bits per heavy atom. The summed E-state index contributed by atoms with van der Waals surface area (Å²) in [6.07, 6.45) is 1.70. The molecular formula is C15H18N4O3. The molecule has 3 rings (SSSR count). The minimum absolute atomic E-state index is 0.0840. The van der Waals surface area contributed by atoms with Crippen LogP contribution >= 0.6 is 0 Å². The Labute approximate surface area is 127 Å². The third-order valence-corrected chi connectivity index (χ3v) is 3.74. The summed E-state index contributed by atoms with van der Waals surface area (Å²) >= 11 is 0. The largest absolute Gasteiger partial charge is 0.378 e. The van der Waals surface area contributed by atoms with Gasteiger partial charge >= 0.3 is 0 Å². The van der Waals surface area contributed by atoms with Gasteiger partial charge in [0.2, 0.25) is 5.91 Å². The van der Waals surface area contributed by atoms with Crippen molar-refractivity contribution in [3.63, 3.8) is 0 Å². The van der Waals surface area contributed by atoms with Crippen molar-refractivity contribution in [2.45, 2.75) is 13.0 Å². The predicted octanol–water partition coefficient (Wildman–Crippen LogP) is 0.540. The highest BCUT2D eigenvalue weighted by atomic mass is 16.5. The molecule has 22 heavy (non-hydrogen) atoms. The minimum atomic E-state index is -0.567. The fraction of sp³-hybridized carbons (Fsp3) is 0.400. The zero-order chi connectivity index (χ0) is 15.5. The summed E-state index contributed by atoms with van der Waals surface area (Å²) in [4.78, 5) is 26.3. The van der Waals surface area contributed by atoms with Crippen LogP contribution in [0.25, 0.3) is 10.9 Å². The molecule has 1 aromatic heterocycles. The van der Waals surface area contributed by atoms with Gasteiger partial charge in [0.15, 0.2) is 0 Å². The molecule has 1 fully saturated rings. The van der Waals surface area contributed by atoms with E-state index in [1.54, 1.807) is 30.2 Å². The first-order chi connectivity index (χ1) is 10.6. The summed E-state index contributed by atoms with van der Waals surface area (Å²) in [5, 5.41) is 10.4. The number of hydrogen-bond acceptors (Lipinski definition) is 4. The number of morpholine rings is 1. The molecule has 2 N–H and O–H groups in total. The molecular weight excluding hydrogens is 284 g/mol. The standard InChI is InChI=1S/C15H18N4O3/c1-10(15(21)19-4-6-22-7-5-19)17-14(20)11-2-3-12-9-16-18-13(12)8-11/h2-3,8-10H,4-7H2,1H3,(H,16,18)(H,17,20). The van der Waals surface area contributed by atoms with E-state index in [0.29, 0.717) is 31.9 Å². The molecule has 7 nitrogen and oxygen atoms in total. The molecule has 0 radical (unpaired) electrons. The lowest BCUT2D eigenvalue weighted by Crippen LogP contribution is -2.50. The third-order valence-electron chi connectivity index (χ3n) is 3.74. The van der Waals surface area contributed by atoms with Crippen LogP contribution in [-0.4, -0.2) is 59.3 Å². The summed E-state index contributed by atoms with van der Waals surface area (Å²) in [6, 6.07) is 4.70. The van der Waals surface area contributed by atoms with E-state index in [0.717, 1.165) is 10.9 Å². The Balaban J connectivity index is 1.65. The SMILES string of the molecule is CC(NC(=O)c1ccc2cn[nH]c2c1)C(=O)N1CCOCC1. The summed E-state index contributed by atoms with van der Waals surface area (Å²) in [5.74, 6) is -0.357. The second-order valence-electron chi connectivity index (χ2n) is 5.30. The fourth-order valence-electron chi connectivity index (χ4n) is 2.48. The number of carbonyl (C=O) groups excluding carboxylic acids is 2. The zero-order valence-electron chi connectivity index (χ0n) is 12.3. The molecule has 1 aliphatic rings. The molecule has 2 aromatic rings. The van der Waals surface area contributed by atoms with Crippen molar-refractivity contribution in [1.29, 1.82) is 0 Å². The average molecular weight is 302 g/mol. The highest BCUT2D eigenvalue weighted by Gasteiger charge is 2.24. The predicted molar refractivity (Wildman–Crippen MR) is 80.4 cm³/mol. The van der Waals surface area contributed by atoms with Crippen molar-refractivity contribution in [1.82, 2.24) is 20.4 Å². The second kappa shape index (κ2) is 6.15. The maximum absolute atomic E-state index is 12.3. The normalized spacial score (nSPS) is 16.5. The van der Waals surface area contributed by atoms with Gasteiger partial charge in [0.05, 0.1) is 24.9 Å². The molecule has 0 spiro atoms. The minimum Gasteiger partial charge on any atom is -0.378 e. The molecule has 1 aromatic carbocycles. The van der Waals surface area contributed by atoms with E-state index in [4.69, 9.17) is 4.74 Å². The Hall–Kier alpha value is -2.41. The molecule has 0 saturated carbocycles. The van der Waals surface area contributed by atoms with E-state index in [2.05, 4.69) is 15.5 Å². The third kappa shape index (κ3) is 2.94. The number of nitrogens with one attached hydrogen (secondary N) is 2. The number of H-pyrrole nitrogens is 1. The van der Waals surface area contributed by atoms with E-state index in [-0.39, 0.29) is 11.8 Å². The zero-order valence-corrected chi connectivity index (χ0v) is 12.3. The van der Waals surface area contributed by atoms with E-state index < -0.39 is 6.04 Å². The van der Waals surface area contributed by atoms with Crippen molar-refractivity contribution in [2.24, 2.45) is 0 Å². The lowest BCUT2D eigenvalue weighted by Gasteiger charge is -2.29. The van der Waals surface area contributed by atoms with Crippen molar-refractivity contribution in [3.8, 4) is 0 Å². The summed E-state index contributed by atoms with van der Waals surface area (Å²) in [7, 11) is 0. The van der Waals surface area contributed by atoms with Gasteiger partial charge in [-0.05, 0) is 19.1 Å². The van der Waals surface area contributed by atoms with E-state index in [9.17, 15) is 9.59 Å². The molecule has 116 valence electrons.